The maximum atomic E-state index is 13.8. The Kier molecular flexibility index (Phi) is 4.35. The molecule has 6 nitrogen and oxygen atoms in total. The number of carbonyl (C=O) groups excluding carboxylic acids is 1. The van der Waals surface area contributed by atoms with E-state index in [0.29, 0.717) is 29.2 Å². The highest BCUT2D eigenvalue weighted by Gasteiger charge is 2.25. The first-order chi connectivity index (χ1) is 12.7. The third-order valence-corrected chi connectivity index (χ3v) is 4.43. The summed E-state index contributed by atoms with van der Waals surface area (Å²) >= 11 is 0. The van der Waals surface area contributed by atoms with Gasteiger partial charge in [-0.25, -0.2) is 4.39 Å². The molecule has 1 N–H and O–H groups in total. The number of halogens is 1. The van der Waals surface area contributed by atoms with Crippen molar-refractivity contribution in [3.05, 3.63) is 66.4 Å². The van der Waals surface area contributed by atoms with E-state index in [2.05, 4.69) is 20.4 Å². The molecule has 0 bridgehead atoms. The maximum Gasteiger partial charge on any atom is 0.254 e. The van der Waals surface area contributed by atoms with Crippen LogP contribution in [0.2, 0.25) is 0 Å². The Morgan fingerprint density at radius 2 is 2.08 bits per heavy atom. The van der Waals surface area contributed by atoms with Gasteiger partial charge in [0, 0.05) is 24.7 Å². The van der Waals surface area contributed by atoms with Crippen LogP contribution < -0.4 is 10.2 Å². The van der Waals surface area contributed by atoms with Crippen molar-refractivity contribution in [2.45, 2.75) is 12.5 Å². The van der Waals surface area contributed by atoms with Gasteiger partial charge in [0.15, 0.2) is 5.82 Å². The third-order valence-electron chi connectivity index (χ3n) is 4.43. The molecule has 1 aromatic carbocycles. The van der Waals surface area contributed by atoms with Crippen molar-refractivity contribution < 1.29 is 13.6 Å². The Balaban J connectivity index is 1.41. The second-order valence-corrected chi connectivity index (χ2v) is 6.17. The quantitative estimate of drug-likeness (QED) is 0.782. The Bertz CT molecular complexity index is 896. The summed E-state index contributed by atoms with van der Waals surface area (Å²) in [6.07, 6.45) is 3.72. The summed E-state index contributed by atoms with van der Waals surface area (Å²) in [6, 6.07) is 11.7. The minimum absolute atomic E-state index is 0.0328. The van der Waals surface area contributed by atoms with Gasteiger partial charge in [0.25, 0.3) is 5.91 Å². The lowest BCUT2D eigenvalue weighted by molar-refractivity contribution is 0.0939. The molecule has 4 rings (SSSR count). The fraction of sp³-hybridized carbons (Fsp3) is 0.211. The van der Waals surface area contributed by atoms with E-state index in [1.807, 2.05) is 6.07 Å². The molecule has 1 fully saturated rings. The molecule has 26 heavy (non-hydrogen) atoms. The van der Waals surface area contributed by atoms with Crippen molar-refractivity contribution in [3.63, 3.8) is 0 Å². The number of benzene rings is 1. The number of amides is 1. The summed E-state index contributed by atoms with van der Waals surface area (Å²) in [5.74, 6) is 0.245. The second-order valence-electron chi connectivity index (χ2n) is 6.17. The number of furan rings is 1. The highest BCUT2D eigenvalue weighted by molar-refractivity contribution is 5.94. The van der Waals surface area contributed by atoms with Crippen molar-refractivity contribution >= 4 is 11.7 Å². The average molecular weight is 352 g/mol. The minimum Gasteiger partial charge on any atom is -0.472 e. The maximum absolute atomic E-state index is 13.8. The molecule has 7 heteroatoms. The molecule has 1 aliphatic heterocycles. The topological polar surface area (TPSA) is 71.3 Å². The first-order valence-corrected chi connectivity index (χ1v) is 8.37. The lowest BCUT2D eigenvalue weighted by Crippen LogP contribution is -2.37. The lowest BCUT2D eigenvalue weighted by atomic mass is 10.1. The number of carbonyl (C=O) groups is 1. The van der Waals surface area contributed by atoms with Gasteiger partial charge in [0.2, 0.25) is 0 Å². The predicted octanol–water partition coefficient (Wildman–Crippen LogP) is 2.88. The van der Waals surface area contributed by atoms with Crippen LogP contribution in [0, 0.1) is 5.82 Å². The van der Waals surface area contributed by atoms with Crippen LogP contribution in [0.5, 0.6) is 0 Å². The predicted molar refractivity (Wildman–Crippen MR) is 94.2 cm³/mol. The molecule has 1 aliphatic rings. The van der Waals surface area contributed by atoms with E-state index in [0.717, 1.165) is 13.0 Å². The molecular weight excluding hydrogens is 335 g/mol. The fourth-order valence-electron chi connectivity index (χ4n) is 3.06. The summed E-state index contributed by atoms with van der Waals surface area (Å²) < 4.78 is 18.8. The normalized spacial score (nSPS) is 16.7. The standard InChI is InChI=1S/C19H17FN4O2/c20-16-4-2-1-3-15(16)17-5-6-18(23-22-17)24-9-7-14(11-24)21-19(25)13-8-10-26-12-13/h1-6,8,10,12,14H,7,9,11H2,(H,21,25). The van der Waals surface area contributed by atoms with Crippen molar-refractivity contribution in [2.24, 2.45) is 0 Å². The molecule has 1 amide bonds. The molecule has 1 saturated heterocycles. The van der Waals surface area contributed by atoms with Crippen molar-refractivity contribution in [1.29, 1.82) is 0 Å². The average Bonchev–Trinajstić information content (AvgIpc) is 3.34. The van der Waals surface area contributed by atoms with E-state index in [1.165, 1.54) is 18.6 Å². The Hall–Kier alpha value is -3.22. The van der Waals surface area contributed by atoms with E-state index < -0.39 is 0 Å². The van der Waals surface area contributed by atoms with Gasteiger partial charge < -0.3 is 14.6 Å². The number of hydrogen-bond acceptors (Lipinski definition) is 5. The van der Waals surface area contributed by atoms with Crippen LogP contribution in [-0.2, 0) is 0 Å². The number of hydrogen-bond donors (Lipinski definition) is 1. The smallest absolute Gasteiger partial charge is 0.254 e. The molecule has 3 heterocycles. The molecule has 3 aromatic rings. The number of aromatic nitrogens is 2. The van der Waals surface area contributed by atoms with Crippen LogP contribution in [-0.4, -0.2) is 35.2 Å². The van der Waals surface area contributed by atoms with Crippen LogP contribution in [0.25, 0.3) is 11.3 Å². The van der Waals surface area contributed by atoms with Crippen LogP contribution in [0.4, 0.5) is 10.2 Å². The van der Waals surface area contributed by atoms with Gasteiger partial charge in [0.1, 0.15) is 12.1 Å². The fourth-order valence-corrected chi connectivity index (χ4v) is 3.06. The summed E-state index contributed by atoms with van der Waals surface area (Å²) in [4.78, 5) is 14.1. The molecule has 0 aliphatic carbocycles. The summed E-state index contributed by atoms with van der Waals surface area (Å²) in [5, 5.41) is 11.4. The van der Waals surface area contributed by atoms with Gasteiger partial charge in [-0.2, -0.15) is 0 Å². The number of nitrogens with one attached hydrogen (secondary N) is 1. The molecule has 2 aromatic heterocycles. The monoisotopic (exact) mass is 352 g/mol. The second kappa shape index (κ2) is 6.95. The molecule has 1 unspecified atom stereocenters. The van der Waals surface area contributed by atoms with Gasteiger partial charge in [-0.15, -0.1) is 10.2 Å². The number of nitrogens with zero attached hydrogens (tertiary/aromatic N) is 3. The lowest BCUT2D eigenvalue weighted by Gasteiger charge is -2.17. The zero-order valence-electron chi connectivity index (χ0n) is 13.9. The number of anilines is 1. The largest absolute Gasteiger partial charge is 0.472 e. The summed E-state index contributed by atoms with van der Waals surface area (Å²) in [6.45, 7) is 1.42. The van der Waals surface area contributed by atoms with E-state index >= 15 is 0 Å². The Labute approximate surface area is 149 Å². The molecule has 0 saturated carbocycles. The molecule has 1 atom stereocenters. The van der Waals surface area contributed by atoms with Crippen LogP contribution >= 0.6 is 0 Å². The first kappa shape index (κ1) is 16.3. The highest BCUT2D eigenvalue weighted by Crippen LogP contribution is 2.23. The van der Waals surface area contributed by atoms with Gasteiger partial charge in [0.05, 0.1) is 17.5 Å². The van der Waals surface area contributed by atoms with E-state index in [1.54, 1.807) is 30.3 Å². The third kappa shape index (κ3) is 3.28. The molecular formula is C19H17FN4O2. The van der Waals surface area contributed by atoms with Crippen molar-refractivity contribution in [3.8, 4) is 11.3 Å². The van der Waals surface area contributed by atoms with Crippen LogP contribution in [0.1, 0.15) is 16.8 Å². The molecule has 0 spiro atoms. The van der Waals surface area contributed by atoms with Crippen molar-refractivity contribution in [2.75, 3.05) is 18.0 Å². The first-order valence-electron chi connectivity index (χ1n) is 8.37. The zero-order valence-corrected chi connectivity index (χ0v) is 13.9. The van der Waals surface area contributed by atoms with E-state index in [9.17, 15) is 9.18 Å². The van der Waals surface area contributed by atoms with E-state index in [4.69, 9.17) is 4.42 Å². The van der Waals surface area contributed by atoms with E-state index in [-0.39, 0.29) is 17.8 Å². The molecule has 0 radical (unpaired) electrons. The van der Waals surface area contributed by atoms with Crippen molar-refractivity contribution in [1.82, 2.24) is 15.5 Å². The minimum atomic E-state index is -0.322. The molecule has 132 valence electrons. The van der Waals surface area contributed by atoms with Gasteiger partial charge >= 0.3 is 0 Å². The van der Waals surface area contributed by atoms with Crippen LogP contribution in [0.15, 0.2) is 59.4 Å². The Morgan fingerprint density at radius 1 is 1.19 bits per heavy atom. The summed E-state index contributed by atoms with van der Waals surface area (Å²) in [7, 11) is 0. The Morgan fingerprint density at radius 3 is 2.81 bits per heavy atom. The van der Waals surface area contributed by atoms with Gasteiger partial charge in [-0.05, 0) is 36.8 Å². The van der Waals surface area contributed by atoms with Gasteiger partial charge in [-0.1, -0.05) is 12.1 Å². The summed E-state index contributed by atoms with van der Waals surface area (Å²) in [5.41, 5.74) is 1.44. The highest BCUT2D eigenvalue weighted by atomic mass is 19.1. The SMILES string of the molecule is O=C(NC1CCN(c2ccc(-c3ccccc3F)nn2)C1)c1ccoc1. The number of rotatable bonds is 4. The zero-order chi connectivity index (χ0) is 17.9. The van der Waals surface area contributed by atoms with Crippen LogP contribution in [0.3, 0.4) is 0 Å². The van der Waals surface area contributed by atoms with Gasteiger partial charge in [-0.3, -0.25) is 4.79 Å².